The van der Waals surface area contributed by atoms with E-state index in [1.807, 2.05) is 0 Å². The molecule has 2 N–H and O–H groups in total. The summed E-state index contributed by atoms with van der Waals surface area (Å²) in [5.41, 5.74) is 0. The van der Waals surface area contributed by atoms with Crippen molar-refractivity contribution in [2.75, 3.05) is 13.7 Å². The Bertz CT molecular complexity index is 106. The molecule has 0 aromatic heterocycles. The zero-order valence-corrected chi connectivity index (χ0v) is 6.84. The SMILES string of the molecule is COC(=O)CCCCCON. The Hall–Kier alpha value is -0.610. The summed E-state index contributed by atoms with van der Waals surface area (Å²) in [5.74, 6) is 4.65. The van der Waals surface area contributed by atoms with E-state index in [9.17, 15) is 4.79 Å². The van der Waals surface area contributed by atoms with Crippen molar-refractivity contribution in [2.45, 2.75) is 25.7 Å². The molecule has 0 aliphatic heterocycles. The van der Waals surface area contributed by atoms with Gasteiger partial charge in [0.2, 0.25) is 0 Å². The molecule has 0 heterocycles. The summed E-state index contributed by atoms with van der Waals surface area (Å²) in [6.07, 6.45) is 3.18. The van der Waals surface area contributed by atoms with Crippen molar-refractivity contribution >= 4 is 5.97 Å². The lowest BCUT2D eigenvalue weighted by molar-refractivity contribution is -0.140. The summed E-state index contributed by atoms with van der Waals surface area (Å²) < 4.78 is 4.46. The molecule has 4 nitrogen and oxygen atoms in total. The van der Waals surface area contributed by atoms with Gasteiger partial charge in [-0.15, -0.1) is 0 Å². The van der Waals surface area contributed by atoms with Crippen LogP contribution >= 0.6 is 0 Å². The van der Waals surface area contributed by atoms with Gasteiger partial charge in [-0.25, -0.2) is 5.90 Å². The quantitative estimate of drug-likeness (QED) is 0.352. The van der Waals surface area contributed by atoms with Crippen molar-refractivity contribution in [1.29, 1.82) is 0 Å². The molecule has 0 amide bonds. The van der Waals surface area contributed by atoms with E-state index < -0.39 is 0 Å². The Morgan fingerprint density at radius 2 is 2.09 bits per heavy atom. The number of hydrogen-bond donors (Lipinski definition) is 1. The second kappa shape index (κ2) is 7.50. The maximum absolute atomic E-state index is 10.6. The molecule has 0 spiro atoms. The molecule has 0 atom stereocenters. The van der Waals surface area contributed by atoms with Crippen LogP contribution in [-0.4, -0.2) is 19.7 Å². The molecule has 0 saturated heterocycles. The van der Waals surface area contributed by atoms with Gasteiger partial charge in [-0.1, -0.05) is 6.42 Å². The van der Waals surface area contributed by atoms with Crippen molar-refractivity contribution in [3.8, 4) is 0 Å². The molecule has 0 aliphatic rings. The first kappa shape index (κ1) is 10.4. The number of carbonyl (C=O) groups excluding carboxylic acids is 1. The topological polar surface area (TPSA) is 61.5 Å². The Balaban J connectivity index is 2.95. The highest BCUT2D eigenvalue weighted by atomic mass is 16.6. The number of nitrogens with two attached hydrogens (primary N) is 1. The maximum atomic E-state index is 10.6. The summed E-state index contributed by atoms with van der Waals surface area (Å²) >= 11 is 0. The van der Waals surface area contributed by atoms with Gasteiger partial charge in [-0.05, 0) is 12.8 Å². The predicted octanol–water partition coefficient (Wildman–Crippen LogP) is 0.610. The van der Waals surface area contributed by atoms with Crippen LogP contribution in [0.3, 0.4) is 0 Å². The van der Waals surface area contributed by atoms with E-state index in [0.717, 1.165) is 19.3 Å². The summed E-state index contributed by atoms with van der Waals surface area (Å²) in [4.78, 5) is 14.9. The first-order valence-corrected chi connectivity index (χ1v) is 3.69. The molecule has 0 aliphatic carbocycles. The van der Waals surface area contributed by atoms with Crippen LogP contribution < -0.4 is 5.90 Å². The van der Waals surface area contributed by atoms with Gasteiger partial charge in [0.1, 0.15) is 0 Å². The molecule has 0 radical (unpaired) electrons. The fourth-order valence-corrected chi connectivity index (χ4v) is 0.734. The summed E-state index contributed by atoms with van der Waals surface area (Å²) in [7, 11) is 1.39. The summed E-state index contributed by atoms with van der Waals surface area (Å²) in [6, 6.07) is 0. The largest absolute Gasteiger partial charge is 0.469 e. The second-order valence-electron chi connectivity index (χ2n) is 2.26. The van der Waals surface area contributed by atoms with Crippen LogP contribution in [0.5, 0.6) is 0 Å². The molecule has 0 aromatic carbocycles. The van der Waals surface area contributed by atoms with E-state index in [1.54, 1.807) is 0 Å². The number of ether oxygens (including phenoxy) is 1. The number of hydrogen-bond acceptors (Lipinski definition) is 4. The van der Waals surface area contributed by atoms with Gasteiger partial charge < -0.3 is 9.57 Å². The second-order valence-corrected chi connectivity index (χ2v) is 2.26. The van der Waals surface area contributed by atoms with E-state index in [0.29, 0.717) is 13.0 Å². The average molecular weight is 161 g/mol. The lowest BCUT2D eigenvalue weighted by Crippen LogP contribution is -2.02. The van der Waals surface area contributed by atoms with Crippen LogP contribution in [0.25, 0.3) is 0 Å². The van der Waals surface area contributed by atoms with E-state index >= 15 is 0 Å². The molecular formula is C7H15NO3. The van der Waals surface area contributed by atoms with Gasteiger partial charge in [0.05, 0.1) is 13.7 Å². The van der Waals surface area contributed by atoms with Gasteiger partial charge >= 0.3 is 5.97 Å². The van der Waals surface area contributed by atoms with Crippen LogP contribution in [0.2, 0.25) is 0 Å². The van der Waals surface area contributed by atoms with Crippen LogP contribution in [0.15, 0.2) is 0 Å². The minimum atomic E-state index is -0.154. The minimum Gasteiger partial charge on any atom is -0.469 e. The maximum Gasteiger partial charge on any atom is 0.305 e. The van der Waals surface area contributed by atoms with Crippen molar-refractivity contribution < 1.29 is 14.4 Å². The van der Waals surface area contributed by atoms with Crippen molar-refractivity contribution in [3.63, 3.8) is 0 Å². The molecular weight excluding hydrogens is 146 g/mol. The van der Waals surface area contributed by atoms with Gasteiger partial charge in [-0.2, -0.15) is 0 Å². The molecule has 0 bridgehead atoms. The molecule has 0 aromatic rings. The normalized spacial score (nSPS) is 9.64. The monoisotopic (exact) mass is 161 g/mol. The highest BCUT2D eigenvalue weighted by Gasteiger charge is 1.98. The van der Waals surface area contributed by atoms with Crippen molar-refractivity contribution in [2.24, 2.45) is 5.90 Å². The molecule has 4 heteroatoms. The highest BCUT2D eigenvalue weighted by molar-refractivity contribution is 5.68. The standard InChI is InChI=1S/C7H15NO3/c1-10-7(9)5-3-2-4-6-11-8/h2-6,8H2,1H3. The number of rotatable bonds is 6. The highest BCUT2D eigenvalue weighted by Crippen LogP contribution is 2.00. The van der Waals surface area contributed by atoms with Crippen LogP contribution in [0, 0.1) is 0 Å². The fourth-order valence-electron chi connectivity index (χ4n) is 0.734. The van der Waals surface area contributed by atoms with Crippen LogP contribution in [0.1, 0.15) is 25.7 Å². The smallest absolute Gasteiger partial charge is 0.305 e. The van der Waals surface area contributed by atoms with Crippen molar-refractivity contribution in [3.05, 3.63) is 0 Å². The predicted molar refractivity (Wildman–Crippen MR) is 40.6 cm³/mol. The molecule has 66 valence electrons. The Morgan fingerprint density at radius 1 is 1.36 bits per heavy atom. The van der Waals surface area contributed by atoms with Gasteiger partial charge in [0, 0.05) is 6.42 Å². The van der Waals surface area contributed by atoms with Crippen molar-refractivity contribution in [1.82, 2.24) is 0 Å². The van der Waals surface area contributed by atoms with Gasteiger partial charge in [-0.3, -0.25) is 4.79 Å². The third kappa shape index (κ3) is 7.29. The van der Waals surface area contributed by atoms with Gasteiger partial charge in [0.15, 0.2) is 0 Å². The minimum absolute atomic E-state index is 0.154. The zero-order valence-electron chi connectivity index (χ0n) is 6.84. The molecule has 0 fully saturated rings. The third-order valence-corrected chi connectivity index (χ3v) is 1.37. The lowest BCUT2D eigenvalue weighted by atomic mass is 10.2. The first-order chi connectivity index (χ1) is 5.31. The number of unbranched alkanes of at least 4 members (excludes halogenated alkanes) is 2. The summed E-state index contributed by atoms with van der Waals surface area (Å²) in [6.45, 7) is 0.557. The zero-order chi connectivity index (χ0) is 8.53. The Morgan fingerprint density at radius 3 is 2.64 bits per heavy atom. The van der Waals surface area contributed by atoms with Crippen LogP contribution in [-0.2, 0) is 14.4 Å². The lowest BCUT2D eigenvalue weighted by Gasteiger charge is -1.98. The Kier molecular flexibility index (Phi) is 7.08. The Labute approximate surface area is 66.6 Å². The van der Waals surface area contributed by atoms with E-state index in [-0.39, 0.29) is 5.97 Å². The molecule has 11 heavy (non-hydrogen) atoms. The molecule has 0 saturated carbocycles. The fraction of sp³-hybridized carbons (Fsp3) is 0.857. The van der Waals surface area contributed by atoms with Crippen LogP contribution in [0.4, 0.5) is 0 Å². The molecule has 0 rings (SSSR count). The molecule has 0 unspecified atom stereocenters. The third-order valence-electron chi connectivity index (χ3n) is 1.37. The number of carbonyl (C=O) groups is 1. The number of esters is 1. The van der Waals surface area contributed by atoms with E-state index in [1.165, 1.54) is 7.11 Å². The van der Waals surface area contributed by atoms with Gasteiger partial charge in [0.25, 0.3) is 0 Å². The first-order valence-electron chi connectivity index (χ1n) is 3.69. The van der Waals surface area contributed by atoms with E-state index in [4.69, 9.17) is 5.90 Å². The average Bonchev–Trinajstić information content (AvgIpc) is 2.04. The summed E-state index contributed by atoms with van der Waals surface area (Å²) in [5, 5.41) is 0. The number of methoxy groups -OCH3 is 1. The van der Waals surface area contributed by atoms with E-state index in [2.05, 4.69) is 9.57 Å².